The van der Waals surface area contributed by atoms with Gasteiger partial charge in [-0.3, -0.25) is 5.32 Å². The first-order valence-electron chi connectivity index (χ1n) is 8.53. The van der Waals surface area contributed by atoms with Gasteiger partial charge < -0.3 is 9.88 Å². The van der Waals surface area contributed by atoms with Crippen molar-refractivity contribution in [3.05, 3.63) is 35.0 Å². The normalized spacial score (nSPS) is 13.9. The highest BCUT2D eigenvalue weighted by Gasteiger charge is 2.14. The highest BCUT2D eigenvalue weighted by atomic mass is 16.2. The Labute approximate surface area is 141 Å². The molecule has 7 nitrogen and oxygen atoms in total. The van der Waals surface area contributed by atoms with E-state index in [1.54, 1.807) is 0 Å². The van der Waals surface area contributed by atoms with Crippen molar-refractivity contribution in [2.75, 3.05) is 11.9 Å². The molecule has 7 heteroatoms. The summed E-state index contributed by atoms with van der Waals surface area (Å²) in [5, 5.41) is 14.2. The molecule has 0 atom stereocenters. The standard InChI is InChI=1S/C17H24N6O/c1-12-10-13(2)19-14(11-12)20-17(24)18-8-7-16-22-21-15-6-4-3-5-9-23(15)16/h10-11H,3-9H2,1-2H3,(H2,18,19,20,24). The van der Waals surface area contributed by atoms with E-state index in [1.807, 2.05) is 26.0 Å². The number of anilines is 1. The maximum Gasteiger partial charge on any atom is 0.320 e. The van der Waals surface area contributed by atoms with Gasteiger partial charge in [0.2, 0.25) is 0 Å². The Morgan fingerprint density at radius 1 is 1.21 bits per heavy atom. The number of aryl methyl sites for hydroxylation is 3. The van der Waals surface area contributed by atoms with Crippen LogP contribution in [0, 0.1) is 13.8 Å². The molecule has 0 bridgehead atoms. The number of nitrogens with zero attached hydrogens (tertiary/aromatic N) is 4. The first-order chi connectivity index (χ1) is 11.6. The zero-order chi connectivity index (χ0) is 16.9. The minimum absolute atomic E-state index is 0.247. The molecule has 0 aliphatic carbocycles. The van der Waals surface area contributed by atoms with E-state index in [1.165, 1.54) is 19.3 Å². The smallest absolute Gasteiger partial charge is 0.320 e. The van der Waals surface area contributed by atoms with Gasteiger partial charge in [0.15, 0.2) is 0 Å². The molecule has 0 unspecified atom stereocenters. The topological polar surface area (TPSA) is 84.7 Å². The summed E-state index contributed by atoms with van der Waals surface area (Å²) in [6, 6.07) is 3.58. The van der Waals surface area contributed by atoms with Gasteiger partial charge in [-0.1, -0.05) is 6.42 Å². The van der Waals surface area contributed by atoms with E-state index in [4.69, 9.17) is 0 Å². The Balaban J connectivity index is 1.51. The molecule has 2 N–H and O–H groups in total. The summed E-state index contributed by atoms with van der Waals surface area (Å²) in [6.45, 7) is 5.40. The lowest BCUT2D eigenvalue weighted by atomic mass is 10.2. The Bertz CT molecular complexity index is 704. The fraction of sp³-hybridized carbons (Fsp3) is 0.529. The summed E-state index contributed by atoms with van der Waals surface area (Å²) >= 11 is 0. The number of pyridine rings is 1. The molecule has 0 spiro atoms. The zero-order valence-corrected chi connectivity index (χ0v) is 14.3. The van der Waals surface area contributed by atoms with Gasteiger partial charge in [0.1, 0.15) is 17.5 Å². The quantitative estimate of drug-likeness (QED) is 0.902. The van der Waals surface area contributed by atoms with Crippen LogP contribution >= 0.6 is 0 Å². The molecule has 2 aromatic heterocycles. The van der Waals surface area contributed by atoms with Gasteiger partial charge in [0.25, 0.3) is 0 Å². The van der Waals surface area contributed by atoms with Crippen molar-refractivity contribution >= 4 is 11.8 Å². The fourth-order valence-corrected chi connectivity index (χ4v) is 3.08. The molecule has 1 aliphatic heterocycles. The Morgan fingerprint density at radius 2 is 2.08 bits per heavy atom. The second-order valence-electron chi connectivity index (χ2n) is 6.30. The lowest BCUT2D eigenvalue weighted by Gasteiger charge is -2.09. The van der Waals surface area contributed by atoms with E-state index in [9.17, 15) is 4.79 Å². The Hall–Kier alpha value is -2.44. The summed E-state index contributed by atoms with van der Waals surface area (Å²) < 4.78 is 2.21. The molecule has 128 valence electrons. The minimum atomic E-state index is -0.247. The SMILES string of the molecule is Cc1cc(C)nc(NC(=O)NCCc2nnc3n2CCCCC3)c1. The first-order valence-corrected chi connectivity index (χ1v) is 8.53. The van der Waals surface area contributed by atoms with Crippen LogP contribution in [0.2, 0.25) is 0 Å². The molecule has 0 radical (unpaired) electrons. The summed E-state index contributed by atoms with van der Waals surface area (Å²) in [6.07, 6.45) is 5.28. The van der Waals surface area contributed by atoms with E-state index < -0.39 is 0 Å². The van der Waals surface area contributed by atoms with Crippen LogP contribution in [-0.2, 0) is 19.4 Å². The van der Waals surface area contributed by atoms with Crippen molar-refractivity contribution < 1.29 is 4.79 Å². The second-order valence-corrected chi connectivity index (χ2v) is 6.30. The molecule has 3 rings (SSSR count). The summed E-state index contributed by atoms with van der Waals surface area (Å²) in [5.41, 5.74) is 1.96. The lowest BCUT2D eigenvalue weighted by Crippen LogP contribution is -2.31. The lowest BCUT2D eigenvalue weighted by molar-refractivity contribution is 0.252. The van der Waals surface area contributed by atoms with Crippen LogP contribution < -0.4 is 10.6 Å². The average Bonchev–Trinajstić information content (AvgIpc) is 2.75. The van der Waals surface area contributed by atoms with Gasteiger partial charge in [0.05, 0.1) is 0 Å². The van der Waals surface area contributed by atoms with Crippen LogP contribution in [-0.4, -0.2) is 32.3 Å². The van der Waals surface area contributed by atoms with Crippen molar-refractivity contribution in [2.24, 2.45) is 0 Å². The average molecular weight is 328 g/mol. The van der Waals surface area contributed by atoms with Gasteiger partial charge in [-0.15, -0.1) is 10.2 Å². The molecule has 2 amide bonds. The maximum atomic E-state index is 12.0. The third-order valence-corrected chi connectivity index (χ3v) is 4.16. The van der Waals surface area contributed by atoms with Gasteiger partial charge in [-0.25, -0.2) is 9.78 Å². The summed E-state index contributed by atoms with van der Waals surface area (Å²) in [7, 11) is 0. The molecule has 0 saturated heterocycles. The molecular formula is C17H24N6O. The van der Waals surface area contributed by atoms with Crippen LogP contribution in [0.3, 0.4) is 0 Å². The van der Waals surface area contributed by atoms with Gasteiger partial charge >= 0.3 is 6.03 Å². The van der Waals surface area contributed by atoms with Crippen LogP contribution in [0.4, 0.5) is 10.6 Å². The number of carbonyl (C=O) groups excluding carboxylic acids is 1. The van der Waals surface area contributed by atoms with Crippen LogP contribution in [0.25, 0.3) is 0 Å². The van der Waals surface area contributed by atoms with Gasteiger partial charge in [0, 0.05) is 31.6 Å². The molecule has 24 heavy (non-hydrogen) atoms. The van der Waals surface area contributed by atoms with Crippen molar-refractivity contribution in [1.82, 2.24) is 25.1 Å². The zero-order valence-electron chi connectivity index (χ0n) is 14.3. The van der Waals surface area contributed by atoms with Crippen LogP contribution in [0.5, 0.6) is 0 Å². The highest BCUT2D eigenvalue weighted by molar-refractivity contribution is 5.88. The molecule has 0 saturated carbocycles. The summed E-state index contributed by atoms with van der Waals surface area (Å²) in [5.74, 6) is 2.60. The van der Waals surface area contributed by atoms with Gasteiger partial charge in [-0.05, 0) is 44.4 Å². The second kappa shape index (κ2) is 7.42. The van der Waals surface area contributed by atoms with E-state index in [0.29, 0.717) is 18.8 Å². The molecule has 0 fully saturated rings. The largest absolute Gasteiger partial charge is 0.337 e. The van der Waals surface area contributed by atoms with Crippen LogP contribution in [0.1, 0.15) is 42.2 Å². The van der Waals surface area contributed by atoms with Crippen molar-refractivity contribution in [2.45, 2.75) is 52.5 Å². The van der Waals surface area contributed by atoms with Gasteiger partial charge in [-0.2, -0.15) is 0 Å². The number of hydrogen-bond acceptors (Lipinski definition) is 4. The summed E-state index contributed by atoms with van der Waals surface area (Å²) in [4.78, 5) is 16.3. The third kappa shape index (κ3) is 4.10. The van der Waals surface area contributed by atoms with E-state index >= 15 is 0 Å². The van der Waals surface area contributed by atoms with Crippen molar-refractivity contribution in [1.29, 1.82) is 0 Å². The monoisotopic (exact) mass is 328 g/mol. The number of hydrogen-bond donors (Lipinski definition) is 2. The fourth-order valence-electron chi connectivity index (χ4n) is 3.08. The number of carbonyl (C=O) groups is 1. The Morgan fingerprint density at radius 3 is 2.92 bits per heavy atom. The third-order valence-electron chi connectivity index (χ3n) is 4.16. The molecule has 1 aliphatic rings. The van der Waals surface area contributed by atoms with Crippen molar-refractivity contribution in [3.63, 3.8) is 0 Å². The number of fused-ring (bicyclic) bond motifs is 1. The van der Waals surface area contributed by atoms with E-state index in [2.05, 4.69) is 30.4 Å². The molecular weight excluding hydrogens is 304 g/mol. The van der Waals surface area contributed by atoms with Crippen molar-refractivity contribution in [3.8, 4) is 0 Å². The van der Waals surface area contributed by atoms with Crippen LogP contribution in [0.15, 0.2) is 12.1 Å². The van der Waals surface area contributed by atoms with E-state index in [-0.39, 0.29) is 6.03 Å². The highest BCUT2D eigenvalue weighted by Crippen LogP contribution is 2.14. The number of amides is 2. The molecule has 0 aromatic carbocycles. The first kappa shape index (κ1) is 16.4. The number of rotatable bonds is 4. The predicted molar refractivity (Wildman–Crippen MR) is 92.0 cm³/mol. The maximum absolute atomic E-state index is 12.0. The predicted octanol–water partition coefficient (Wildman–Crippen LogP) is 2.38. The minimum Gasteiger partial charge on any atom is -0.337 e. The number of aromatic nitrogens is 4. The Kier molecular flexibility index (Phi) is 5.08. The number of nitrogens with one attached hydrogen (secondary N) is 2. The molecule has 3 heterocycles. The van der Waals surface area contributed by atoms with E-state index in [0.717, 1.165) is 35.9 Å². The molecule has 2 aromatic rings. The number of urea groups is 1.